The minimum absolute atomic E-state index is 0.00413. The van der Waals surface area contributed by atoms with Crippen LogP contribution in [0.15, 0.2) is 35.4 Å². The van der Waals surface area contributed by atoms with Crippen LogP contribution < -0.4 is 16.6 Å². The van der Waals surface area contributed by atoms with E-state index in [9.17, 15) is 14.4 Å². The van der Waals surface area contributed by atoms with Crippen LogP contribution in [0.4, 0.5) is 5.95 Å². The number of hydrogen-bond acceptors (Lipinski definition) is 6. The van der Waals surface area contributed by atoms with Gasteiger partial charge in [-0.25, -0.2) is 0 Å². The first kappa shape index (κ1) is 19.6. The average Bonchev–Trinajstić information content (AvgIpc) is 3.15. The molecular formula is C20H23N7O3. The molecule has 0 radical (unpaired) electrons. The fourth-order valence-electron chi connectivity index (χ4n) is 3.69. The van der Waals surface area contributed by atoms with E-state index in [1.807, 2.05) is 12.1 Å². The average molecular weight is 409 g/mol. The fraction of sp³-hybridized carbons (Fsp3) is 0.350. The van der Waals surface area contributed by atoms with Crippen molar-refractivity contribution in [3.05, 3.63) is 52.2 Å². The lowest BCUT2D eigenvalue weighted by molar-refractivity contribution is -0.135. The minimum atomic E-state index is -0.342. The van der Waals surface area contributed by atoms with Crippen LogP contribution in [0, 0.1) is 5.92 Å². The zero-order chi connectivity index (χ0) is 21.1. The molecule has 10 heteroatoms. The third kappa shape index (κ3) is 4.32. The lowest BCUT2D eigenvalue weighted by Gasteiger charge is -2.31. The number of amides is 2. The number of nitrogens with one attached hydrogen (secondary N) is 3. The zero-order valence-corrected chi connectivity index (χ0v) is 16.4. The van der Waals surface area contributed by atoms with Crippen molar-refractivity contribution in [1.29, 1.82) is 0 Å². The summed E-state index contributed by atoms with van der Waals surface area (Å²) in [6.45, 7) is 1.50. The van der Waals surface area contributed by atoms with Crippen LogP contribution in [-0.2, 0) is 22.6 Å². The molecule has 0 aliphatic carbocycles. The molecule has 0 unspecified atom stereocenters. The van der Waals surface area contributed by atoms with Gasteiger partial charge in [0, 0.05) is 43.6 Å². The predicted octanol–water partition coefficient (Wildman–Crippen LogP) is 0.326. The van der Waals surface area contributed by atoms with Gasteiger partial charge in [0.25, 0.3) is 5.56 Å². The van der Waals surface area contributed by atoms with Crippen LogP contribution in [0.5, 0.6) is 0 Å². The summed E-state index contributed by atoms with van der Waals surface area (Å²) in [5, 5.41) is 3.31. The second-order valence-corrected chi connectivity index (χ2v) is 7.42. The molecule has 30 heavy (non-hydrogen) atoms. The van der Waals surface area contributed by atoms with Crippen LogP contribution in [0.3, 0.4) is 0 Å². The van der Waals surface area contributed by atoms with Gasteiger partial charge >= 0.3 is 0 Å². The third-order valence-electron chi connectivity index (χ3n) is 5.32. The highest BCUT2D eigenvalue weighted by Gasteiger charge is 2.27. The van der Waals surface area contributed by atoms with Crippen molar-refractivity contribution in [2.75, 3.05) is 18.8 Å². The molecule has 3 aromatic heterocycles. The van der Waals surface area contributed by atoms with Crippen molar-refractivity contribution < 1.29 is 9.59 Å². The van der Waals surface area contributed by atoms with E-state index in [0.717, 1.165) is 5.56 Å². The Kier molecular flexibility index (Phi) is 5.46. The van der Waals surface area contributed by atoms with Crippen molar-refractivity contribution in [2.24, 2.45) is 5.92 Å². The van der Waals surface area contributed by atoms with Crippen molar-refractivity contribution in [1.82, 2.24) is 30.2 Å². The molecule has 3 aromatic rings. The highest BCUT2D eigenvalue weighted by molar-refractivity contribution is 5.83. The lowest BCUT2D eigenvalue weighted by atomic mass is 9.95. The number of nitrogens with two attached hydrogens (primary N) is 1. The maximum atomic E-state index is 12.7. The number of aromatic nitrogens is 4. The van der Waals surface area contributed by atoms with E-state index >= 15 is 0 Å². The van der Waals surface area contributed by atoms with Crippen LogP contribution in [-0.4, -0.2) is 49.7 Å². The second-order valence-electron chi connectivity index (χ2n) is 7.42. The van der Waals surface area contributed by atoms with E-state index in [1.165, 1.54) is 0 Å². The number of nitrogens with zero attached hydrogens (tertiary/aromatic N) is 3. The number of nitrogen functional groups attached to an aromatic ring is 1. The Hall–Kier alpha value is -3.69. The molecule has 0 aromatic carbocycles. The number of fused-ring (bicyclic) bond motifs is 1. The lowest BCUT2D eigenvalue weighted by Crippen LogP contribution is -2.43. The smallest absolute Gasteiger partial charge is 0.261 e. The first-order valence-electron chi connectivity index (χ1n) is 9.81. The van der Waals surface area contributed by atoms with E-state index in [-0.39, 0.29) is 35.7 Å². The fourth-order valence-corrected chi connectivity index (χ4v) is 3.69. The molecule has 1 fully saturated rings. The normalized spacial score (nSPS) is 14.7. The Bertz CT molecular complexity index is 1110. The molecule has 1 saturated heterocycles. The summed E-state index contributed by atoms with van der Waals surface area (Å²) in [5.41, 5.74) is 7.13. The summed E-state index contributed by atoms with van der Waals surface area (Å²) in [7, 11) is 0. The van der Waals surface area contributed by atoms with E-state index in [1.54, 1.807) is 23.4 Å². The highest BCUT2D eigenvalue weighted by Crippen LogP contribution is 2.19. The maximum absolute atomic E-state index is 12.7. The van der Waals surface area contributed by atoms with Crippen LogP contribution in [0.25, 0.3) is 11.0 Å². The molecule has 4 heterocycles. The van der Waals surface area contributed by atoms with E-state index < -0.39 is 0 Å². The van der Waals surface area contributed by atoms with Gasteiger partial charge < -0.3 is 20.9 Å². The Morgan fingerprint density at radius 2 is 2.07 bits per heavy atom. The predicted molar refractivity (Wildman–Crippen MR) is 110 cm³/mol. The van der Waals surface area contributed by atoms with Gasteiger partial charge in [0.1, 0.15) is 5.65 Å². The molecule has 1 aliphatic heterocycles. The van der Waals surface area contributed by atoms with Crippen molar-refractivity contribution in [2.45, 2.75) is 25.8 Å². The van der Waals surface area contributed by atoms with E-state index in [0.29, 0.717) is 49.2 Å². The van der Waals surface area contributed by atoms with Crippen LogP contribution >= 0.6 is 0 Å². The van der Waals surface area contributed by atoms with E-state index in [2.05, 4.69) is 25.3 Å². The minimum Gasteiger partial charge on any atom is -0.369 e. The molecule has 1 aliphatic rings. The number of rotatable bonds is 5. The molecule has 0 atom stereocenters. The SMILES string of the molecule is Nc1nc2[nH]c(CC(=O)N3CCC(C(=O)NCc4cccnc4)CC3)cc2c(=O)[nH]1. The van der Waals surface area contributed by atoms with Gasteiger partial charge in [0.2, 0.25) is 17.8 Å². The molecule has 156 valence electrons. The summed E-state index contributed by atoms with van der Waals surface area (Å²) in [5.74, 6) is -0.134. The topological polar surface area (TPSA) is 150 Å². The summed E-state index contributed by atoms with van der Waals surface area (Å²) in [6, 6.07) is 5.37. The Morgan fingerprint density at radius 1 is 1.27 bits per heavy atom. The number of carbonyl (C=O) groups excluding carboxylic acids is 2. The van der Waals surface area contributed by atoms with Crippen molar-refractivity contribution >= 4 is 28.8 Å². The first-order chi connectivity index (χ1) is 14.5. The number of H-pyrrole nitrogens is 2. The van der Waals surface area contributed by atoms with Gasteiger partial charge in [-0.05, 0) is 30.5 Å². The first-order valence-corrected chi connectivity index (χ1v) is 9.81. The molecule has 0 bridgehead atoms. The van der Waals surface area contributed by atoms with Crippen molar-refractivity contribution in [3.8, 4) is 0 Å². The molecular weight excluding hydrogens is 386 g/mol. The monoisotopic (exact) mass is 409 g/mol. The second kappa shape index (κ2) is 8.36. The largest absolute Gasteiger partial charge is 0.369 e. The number of hydrogen-bond donors (Lipinski definition) is 4. The highest BCUT2D eigenvalue weighted by atomic mass is 16.2. The van der Waals surface area contributed by atoms with Gasteiger partial charge in [0.05, 0.1) is 11.8 Å². The molecule has 4 rings (SSSR count). The van der Waals surface area contributed by atoms with Crippen LogP contribution in [0.1, 0.15) is 24.1 Å². The Balaban J connectivity index is 1.29. The number of pyridine rings is 1. The van der Waals surface area contributed by atoms with Gasteiger partial charge in [-0.15, -0.1) is 0 Å². The summed E-state index contributed by atoms with van der Waals surface area (Å²) in [6.07, 6.45) is 4.79. The molecule has 0 spiro atoms. The van der Waals surface area contributed by atoms with Crippen LogP contribution in [0.2, 0.25) is 0 Å². The molecule has 5 N–H and O–H groups in total. The molecule has 0 saturated carbocycles. The van der Waals surface area contributed by atoms with Crippen molar-refractivity contribution in [3.63, 3.8) is 0 Å². The number of piperidine rings is 1. The number of carbonyl (C=O) groups is 2. The quantitative estimate of drug-likeness (QED) is 0.477. The number of aromatic amines is 2. The van der Waals surface area contributed by atoms with Gasteiger partial charge in [0.15, 0.2) is 0 Å². The maximum Gasteiger partial charge on any atom is 0.261 e. The van der Waals surface area contributed by atoms with Gasteiger partial charge in [-0.2, -0.15) is 4.98 Å². The summed E-state index contributed by atoms with van der Waals surface area (Å²) >= 11 is 0. The molecule has 10 nitrogen and oxygen atoms in total. The van der Waals surface area contributed by atoms with Gasteiger partial charge in [-0.3, -0.25) is 24.4 Å². The Labute approximate surface area is 171 Å². The summed E-state index contributed by atoms with van der Waals surface area (Å²) in [4.78, 5) is 52.2. The molecule has 2 amide bonds. The Morgan fingerprint density at radius 3 is 2.80 bits per heavy atom. The summed E-state index contributed by atoms with van der Waals surface area (Å²) < 4.78 is 0. The zero-order valence-electron chi connectivity index (χ0n) is 16.4. The van der Waals surface area contributed by atoms with E-state index in [4.69, 9.17) is 5.73 Å². The standard InChI is InChI=1S/C20H23N7O3/c21-20-25-17-15(19(30)26-20)8-14(24-17)9-16(28)27-6-3-13(4-7-27)18(29)23-11-12-2-1-5-22-10-12/h1-2,5,8,10,13H,3-4,6-7,9,11H2,(H,23,29)(H4,21,24,25,26,30). The third-order valence-corrected chi connectivity index (χ3v) is 5.32. The number of anilines is 1. The number of likely N-dealkylation sites (tertiary alicyclic amines) is 1. The van der Waals surface area contributed by atoms with Gasteiger partial charge in [-0.1, -0.05) is 6.07 Å².